The predicted molar refractivity (Wildman–Crippen MR) is 96.8 cm³/mol. The van der Waals surface area contributed by atoms with Gasteiger partial charge in [-0.05, 0) is 31.9 Å². The van der Waals surface area contributed by atoms with Crippen molar-refractivity contribution in [3.8, 4) is 0 Å². The Morgan fingerprint density at radius 1 is 1.52 bits per heavy atom. The molecule has 0 bridgehead atoms. The molecule has 0 radical (unpaired) electrons. The molecule has 2 fully saturated rings. The van der Waals surface area contributed by atoms with Gasteiger partial charge in [0.2, 0.25) is 0 Å². The highest BCUT2D eigenvalue weighted by atomic mass is 32.1. The average Bonchev–Trinajstić information content (AvgIpc) is 3.37. The van der Waals surface area contributed by atoms with Gasteiger partial charge < -0.3 is 14.9 Å². The summed E-state index contributed by atoms with van der Waals surface area (Å²) in [4.78, 5) is 23.2. The van der Waals surface area contributed by atoms with Gasteiger partial charge >= 0.3 is 0 Å². The van der Waals surface area contributed by atoms with Crippen LogP contribution in [0.25, 0.3) is 0 Å². The number of hydrogen-bond acceptors (Lipinski definition) is 6. The van der Waals surface area contributed by atoms with Crippen LogP contribution in [0.4, 0.5) is 0 Å². The van der Waals surface area contributed by atoms with Crippen LogP contribution >= 0.6 is 11.3 Å². The summed E-state index contributed by atoms with van der Waals surface area (Å²) in [7, 11) is 0. The predicted octanol–water partition coefficient (Wildman–Crippen LogP) is 2.07. The average molecular weight is 363 g/mol. The van der Waals surface area contributed by atoms with Crippen molar-refractivity contribution >= 4 is 23.0 Å². The summed E-state index contributed by atoms with van der Waals surface area (Å²) in [5.74, 6) is -0.111. The van der Waals surface area contributed by atoms with Crippen LogP contribution in [0, 0.1) is 6.92 Å². The van der Waals surface area contributed by atoms with Crippen LogP contribution in [0.2, 0.25) is 0 Å². The van der Waals surface area contributed by atoms with Crippen LogP contribution in [-0.2, 0) is 20.9 Å². The first kappa shape index (κ1) is 17.0. The first-order valence-electron chi connectivity index (χ1n) is 9.04. The summed E-state index contributed by atoms with van der Waals surface area (Å²) in [6, 6.07) is 4.36. The summed E-state index contributed by atoms with van der Waals surface area (Å²) >= 11 is 1.84. The molecule has 1 spiro atoms. The van der Waals surface area contributed by atoms with Crippen molar-refractivity contribution in [1.29, 1.82) is 0 Å². The standard InChI is InChI=1S/C18H25N3O3S/c1-13-4-5-15(25-13)11-21-7-6-18(12-21)9-16(20-24-18)17(22)19-10-14-3-2-8-23-14/h4-5,14H,2-3,6-12H2,1H3,(H,19,22)/t14-,18-/m0/s1. The quantitative estimate of drug-likeness (QED) is 0.870. The number of amides is 1. The Morgan fingerprint density at radius 3 is 3.20 bits per heavy atom. The molecular formula is C18H25N3O3S. The molecule has 25 heavy (non-hydrogen) atoms. The van der Waals surface area contributed by atoms with Gasteiger partial charge in [0.15, 0.2) is 5.60 Å². The summed E-state index contributed by atoms with van der Waals surface area (Å²) < 4.78 is 5.54. The first-order chi connectivity index (χ1) is 12.1. The molecule has 0 saturated carbocycles. The zero-order chi connectivity index (χ0) is 17.3. The van der Waals surface area contributed by atoms with Crippen molar-refractivity contribution in [2.75, 3.05) is 26.2 Å². The second-order valence-corrected chi connectivity index (χ2v) is 8.68. The molecule has 4 heterocycles. The van der Waals surface area contributed by atoms with Crippen molar-refractivity contribution < 1.29 is 14.4 Å². The van der Waals surface area contributed by atoms with Crippen molar-refractivity contribution in [3.05, 3.63) is 21.9 Å². The van der Waals surface area contributed by atoms with E-state index < -0.39 is 0 Å². The molecule has 1 aromatic rings. The number of carbonyl (C=O) groups is 1. The van der Waals surface area contributed by atoms with E-state index in [0.717, 1.165) is 45.5 Å². The van der Waals surface area contributed by atoms with Gasteiger partial charge in [0.05, 0.1) is 6.10 Å². The van der Waals surface area contributed by atoms with E-state index in [1.54, 1.807) is 0 Å². The molecule has 1 aromatic heterocycles. The Morgan fingerprint density at radius 2 is 2.44 bits per heavy atom. The molecule has 0 unspecified atom stereocenters. The maximum Gasteiger partial charge on any atom is 0.269 e. The molecule has 3 aliphatic heterocycles. The van der Waals surface area contributed by atoms with Crippen LogP contribution in [0.1, 0.15) is 35.4 Å². The van der Waals surface area contributed by atoms with Crippen molar-refractivity contribution in [1.82, 2.24) is 10.2 Å². The molecule has 1 N–H and O–H groups in total. The third kappa shape index (κ3) is 3.88. The van der Waals surface area contributed by atoms with Gasteiger partial charge in [-0.15, -0.1) is 11.3 Å². The smallest absolute Gasteiger partial charge is 0.269 e. The van der Waals surface area contributed by atoms with E-state index in [-0.39, 0.29) is 17.6 Å². The first-order valence-corrected chi connectivity index (χ1v) is 9.86. The number of aryl methyl sites for hydroxylation is 1. The van der Waals surface area contributed by atoms with Crippen molar-refractivity contribution in [3.63, 3.8) is 0 Å². The molecule has 2 saturated heterocycles. The number of nitrogens with one attached hydrogen (secondary N) is 1. The lowest BCUT2D eigenvalue weighted by molar-refractivity contribution is -0.115. The van der Waals surface area contributed by atoms with E-state index in [0.29, 0.717) is 18.7 Å². The number of thiophene rings is 1. The Bertz CT molecular complexity index is 668. The Balaban J connectivity index is 1.26. The lowest BCUT2D eigenvalue weighted by Gasteiger charge is -2.21. The molecule has 0 aromatic carbocycles. The third-order valence-electron chi connectivity index (χ3n) is 5.19. The maximum absolute atomic E-state index is 12.3. The van der Waals surface area contributed by atoms with Crippen LogP contribution in [0.5, 0.6) is 0 Å². The maximum atomic E-state index is 12.3. The number of nitrogens with zero attached hydrogens (tertiary/aromatic N) is 2. The summed E-state index contributed by atoms with van der Waals surface area (Å²) in [6.45, 7) is 6.26. The van der Waals surface area contributed by atoms with E-state index in [1.165, 1.54) is 9.75 Å². The van der Waals surface area contributed by atoms with Crippen LogP contribution < -0.4 is 5.32 Å². The SMILES string of the molecule is Cc1ccc(CN2CC[C@]3(CC(C(=O)NC[C@@H]4CCCO4)=NO3)C2)s1. The minimum absolute atomic E-state index is 0.111. The molecule has 7 heteroatoms. The molecule has 6 nitrogen and oxygen atoms in total. The largest absolute Gasteiger partial charge is 0.387 e. The number of rotatable bonds is 5. The van der Waals surface area contributed by atoms with Gasteiger partial charge in [-0.1, -0.05) is 5.16 Å². The molecule has 4 rings (SSSR count). The second-order valence-electron chi connectivity index (χ2n) is 7.31. The van der Waals surface area contributed by atoms with Gasteiger partial charge in [0.1, 0.15) is 5.71 Å². The fraction of sp³-hybridized carbons (Fsp3) is 0.667. The number of ether oxygens (including phenoxy) is 1. The monoisotopic (exact) mass is 363 g/mol. The highest BCUT2D eigenvalue weighted by Gasteiger charge is 2.46. The van der Waals surface area contributed by atoms with Crippen molar-refractivity contribution in [2.24, 2.45) is 5.16 Å². The Hall–Kier alpha value is -1.44. The molecule has 3 aliphatic rings. The minimum Gasteiger partial charge on any atom is -0.387 e. The van der Waals surface area contributed by atoms with E-state index >= 15 is 0 Å². The second kappa shape index (κ2) is 7.05. The zero-order valence-corrected chi connectivity index (χ0v) is 15.4. The molecular weight excluding hydrogens is 338 g/mol. The lowest BCUT2D eigenvalue weighted by atomic mass is 9.96. The normalized spacial score (nSPS) is 29.2. The Labute approximate surface area is 152 Å². The fourth-order valence-electron chi connectivity index (χ4n) is 3.83. The Kier molecular flexibility index (Phi) is 4.80. The van der Waals surface area contributed by atoms with Gasteiger partial charge in [-0.3, -0.25) is 9.69 Å². The molecule has 0 aliphatic carbocycles. The highest BCUT2D eigenvalue weighted by Crippen LogP contribution is 2.35. The summed E-state index contributed by atoms with van der Waals surface area (Å²) in [6.07, 6.45) is 3.77. The fourth-order valence-corrected chi connectivity index (χ4v) is 4.76. The number of hydrogen-bond donors (Lipinski definition) is 1. The number of carbonyl (C=O) groups excluding carboxylic acids is 1. The van der Waals surface area contributed by atoms with E-state index in [2.05, 4.69) is 34.4 Å². The minimum atomic E-state index is -0.317. The van der Waals surface area contributed by atoms with Crippen LogP contribution in [0.15, 0.2) is 17.3 Å². The lowest BCUT2D eigenvalue weighted by Crippen LogP contribution is -2.39. The summed E-state index contributed by atoms with van der Waals surface area (Å²) in [5, 5.41) is 7.04. The molecule has 2 atom stereocenters. The summed E-state index contributed by atoms with van der Waals surface area (Å²) in [5.41, 5.74) is 0.204. The molecule has 136 valence electrons. The van der Waals surface area contributed by atoms with E-state index in [4.69, 9.17) is 9.57 Å². The topological polar surface area (TPSA) is 63.2 Å². The third-order valence-corrected chi connectivity index (χ3v) is 6.17. The van der Waals surface area contributed by atoms with Crippen LogP contribution in [0.3, 0.4) is 0 Å². The van der Waals surface area contributed by atoms with E-state index in [9.17, 15) is 4.79 Å². The van der Waals surface area contributed by atoms with Gasteiger partial charge in [0.25, 0.3) is 5.91 Å². The van der Waals surface area contributed by atoms with Crippen molar-refractivity contribution in [2.45, 2.75) is 50.9 Å². The van der Waals surface area contributed by atoms with Gasteiger partial charge in [-0.2, -0.15) is 0 Å². The highest BCUT2D eigenvalue weighted by molar-refractivity contribution is 7.11. The van der Waals surface area contributed by atoms with E-state index in [1.807, 2.05) is 11.3 Å². The van der Waals surface area contributed by atoms with Gasteiger partial charge in [0, 0.05) is 55.4 Å². The number of likely N-dealkylation sites (tertiary alicyclic amines) is 1. The van der Waals surface area contributed by atoms with Crippen LogP contribution in [-0.4, -0.2) is 54.5 Å². The zero-order valence-electron chi connectivity index (χ0n) is 14.6. The van der Waals surface area contributed by atoms with Gasteiger partial charge in [-0.25, -0.2) is 0 Å². The number of oxime groups is 1. The molecule has 1 amide bonds.